The SMILES string of the molecule is COC1C2CC3C(C2Cl)C31. The summed E-state index contributed by atoms with van der Waals surface area (Å²) in [4.78, 5) is 0. The molecule has 0 aliphatic heterocycles. The third-order valence-electron chi connectivity index (χ3n) is 3.69. The molecule has 4 saturated carbocycles. The topological polar surface area (TPSA) is 9.23 Å². The second-order valence-electron chi connectivity index (χ2n) is 3.86. The Hall–Kier alpha value is 0.250. The summed E-state index contributed by atoms with van der Waals surface area (Å²) in [5.41, 5.74) is 0. The van der Waals surface area contributed by atoms with Crippen LogP contribution in [0.15, 0.2) is 0 Å². The van der Waals surface area contributed by atoms with Gasteiger partial charge in [0.1, 0.15) is 0 Å². The maximum atomic E-state index is 6.19. The van der Waals surface area contributed by atoms with E-state index < -0.39 is 0 Å². The first-order valence-corrected chi connectivity index (χ1v) is 4.45. The standard InChI is InChI=1S/C8H11ClO/c1-10-8-4-2-3-5(6(3)8)7(4)9/h3-8H,2H2,1H3. The molecule has 6 atom stereocenters. The fourth-order valence-electron chi connectivity index (χ4n) is 3.32. The van der Waals surface area contributed by atoms with Crippen LogP contribution < -0.4 is 0 Å². The van der Waals surface area contributed by atoms with E-state index in [0.717, 1.165) is 17.8 Å². The van der Waals surface area contributed by atoms with Gasteiger partial charge in [0.2, 0.25) is 0 Å². The van der Waals surface area contributed by atoms with Gasteiger partial charge in [0.15, 0.2) is 0 Å². The molecule has 4 aliphatic rings. The molecule has 0 amide bonds. The van der Waals surface area contributed by atoms with Crippen molar-refractivity contribution in [3.05, 3.63) is 0 Å². The van der Waals surface area contributed by atoms with E-state index in [4.69, 9.17) is 16.3 Å². The van der Waals surface area contributed by atoms with Gasteiger partial charge in [0, 0.05) is 18.4 Å². The molecule has 0 N–H and O–H groups in total. The third-order valence-corrected chi connectivity index (χ3v) is 4.30. The molecular weight excluding hydrogens is 148 g/mol. The zero-order chi connectivity index (χ0) is 6.88. The molecule has 0 saturated heterocycles. The number of ether oxygens (including phenoxy) is 1. The quantitative estimate of drug-likeness (QED) is 0.526. The van der Waals surface area contributed by atoms with E-state index in [1.807, 2.05) is 7.11 Å². The van der Waals surface area contributed by atoms with Crippen molar-refractivity contribution in [2.24, 2.45) is 23.7 Å². The first-order chi connectivity index (χ1) is 4.84. The number of hydrogen-bond acceptors (Lipinski definition) is 1. The largest absolute Gasteiger partial charge is 0.381 e. The lowest BCUT2D eigenvalue weighted by atomic mass is 10.1. The van der Waals surface area contributed by atoms with Crippen LogP contribution >= 0.6 is 11.6 Å². The molecule has 0 spiro atoms. The number of methoxy groups -OCH3 is 1. The van der Waals surface area contributed by atoms with Gasteiger partial charge in [-0.1, -0.05) is 0 Å². The molecule has 10 heavy (non-hydrogen) atoms. The summed E-state index contributed by atoms with van der Waals surface area (Å²) < 4.78 is 5.40. The van der Waals surface area contributed by atoms with Crippen molar-refractivity contribution in [2.75, 3.05) is 7.11 Å². The summed E-state index contributed by atoms with van der Waals surface area (Å²) in [5.74, 6) is 3.36. The van der Waals surface area contributed by atoms with Crippen LogP contribution in [0.1, 0.15) is 6.42 Å². The number of halogens is 1. The highest BCUT2D eigenvalue weighted by Gasteiger charge is 2.73. The van der Waals surface area contributed by atoms with Crippen molar-refractivity contribution >= 4 is 11.6 Å². The highest BCUT2D eigenvalue weighted by Crippen LogP contribution is 2.72. The van der Waals surface area contributed by atoms with E-state index in [9.17, 15) is 0 Å². The lowest BCUT2D eigenvalue weighted by Crippen LogP contribution is -2.18. The Morgan fingerprint density at radius 1 is 1.30 bits per heavy atom. The summed E-state index contributed by atoms with van der Waals surface area (Å²) in [5, 5.41) is 0.458. The van der Waals surface area contributed by atoms with Gasteiger partial charge >= 0.3 is 0 Å². The highest BCUT2D eigenvalue weighted by molar-refractivity contribution is 6.21. The summed E-state index contributed by atoms with van der Waals surface area (Å²) in [6.07, 6.45) is 1.87. The van der Waals surface area contributed by atoms with Crippen molar-refractivity contribution in [3.63, 3.8) is 0 Å². The van der Waals surface area contributed by atoms with E-state index in [1.54, 1.807) is 0 Å². The average molecular weight is 159 g/mol. The Bertz CT molecular complexity index is 182. The van der Waals surface area contributed by atoms with Gasteiger partial charge in [-0.2, -0.15) is 0 Å². The minimum Gasteiger partial charge on any atom is -0.381 e. The molecule has 2 heteroatoms. The normalized spacial score (nSPS) is 69.0. The van der Waals surface area contributed by atoms with Crippen molar-refractivity contribution in [2.45, 2.75) is 17.9 Å². The maximum absolute atomic E-state index is 6.19. The molecule has 4 aliphatic carbocycles. The van der Waals surface area contributed by atoms with E-state index in [-0.39, 0.29) is 0 Å². The molecule has 0 aromatic heterocycles. The first kappa shape index (κ1) is 5.84. The van der Waals surface area contributed by atoms with Crippen molar-refractivity contribution in [3.8, 4) is 0 Å². The Morgan fingerprint density at radius 2 is 2.10 bits per heavy atom. The van der Waals surface area contributed by atoms with E-state index in [1.165, 1.54) is 6.42 Å². The van der Waals surface area contributed by atoms with Crippen molar-refractivity contribution < 1.29 is 4.74 Å². The van der Waals surface area contributed by atoms with Gasteiger partial charge in [-0.05, 0) is 24.2 Å². The smallest absolute Gasteiger partial charge is 0.0647 e. The van der Waals surface area contributed by atoms with Crippen LogP contribution in [0, 0.1) is 23.7 Å². The molecule has 0 heterocycles. The summed E-state index contributed by atoms with van der Waals surface area (Å²) >= 11 is 6.19. The third kappa shape index (κ3) is 0.417. The lowest BCUT2D eigenvalue weighted by molar-refractivity contribution is 0.0727. The van der Waals surface area contributed by atoms with Gasteiger partial charge in [0.25, 0.3) is 0 Å². The van der Waals surface area contributed by atoms with Crippen LogP contribution in [0.2, 0.25) is 0 Å². The molecule has 0 radical (unpaired) electrons. The molecule has 4 bridgehead atoms. The van der Waals surface area contributed by atoms with Gasteiger partial charge in [0.05, 0.1) is 6.10 Å². The number of rotatable bonds is 1. The number of hydrogen-bond donors (Lipinski definition) is 0. The molecule has 4 fully saturated rings. The minimum atomic E-state index is 0.458. The van der Waals surface area contributed by atoms with Gasteiger partial charge in [-0.3, -0.25) is 0 Å². The van der Waals surface area contributed by atoms with E-state index in [0.29, 0.717) is 17.4 Å². The Balaban J connectivity index is 1.95. The van der Waals surface area contributed by atoms with Crippen LogP contribution in [0.4, 0.5) is 0 Å². The average Bonchev–Trinajstić information content (AvgIpc) is 2.29. The Kier molecular flexibility index (Phi) is 0.897. The van der Waals surface area contributed by atoms with Gasteiger partial charge in [-0.25, -0.2) is 0 Å². The second kappa shape index (κ2) is 1.54. The molecular formula is C8H11ClO. The monoisotopic (exact) mass is 158 g/mol. The van der Waals surface area contributed by atoms with E-state index >= 15 is 0 Å². The van der Waals surface area contributed by atoms with Crippen molar-refractivity contribution in [1.82, 2.24) is 0 Å². The molecule has 4 rings (SSSR count). The van der Waals surface area contributed by atoms with Crippen molar-refractivity contribution in [1.29, 1.82) is 0 Å². The van der Waals surface area contributed by atoms with Crippen LogP contribution in [-0.2, 0) is 4.74 Å². The lowest BCUT2D eigenvalue weighted by Gasteiger charge is -2.13. The zero-order valence-electron chi connectivity index (χ0n) is 5.96. The summed E-state index contributed by atoms with van der Waals surface area (Å²) in [7, 11) is 1.82. The predicted molar refractivity (Wildman–Crippen MR) is 39.0 cm³/mol. The van der Waals surface area contributed by atoms with Crippen LogP contribution in [-0.4, -0.2) is 18.6 Å². The number of alkyl halides is 1. The maximum Gasteiger partial charge on any atom is 0.0647 e. The Labute approximate surface area is 65.7 Å². The predicted octanol–water partition coefficient (Wildman–Crippen LogP) is 1.50. The fourth-order valence-corrected chi connectivity index (χ4v) is 3.92. The Morgan fingerprint density at radius 3 is 2.30 bits per heavy atom. The minimum absolute atomic E-state index is 0.458. The second-order valence-corrected chi connectivity index (χ2v) is 4.37. The van der Waals surface area contributed by atoms with Crippen LogP contribution in [0.3, 0.4) is 0 Å². The molecule has 0 aromatic rings. The van der Waals surface area contributed by atoms with Crippen LogP contribution in [0.5, 0.6) is 0 Å². The highest BCUT2D eigenvalue weighted by atomic mass is 35.5. The molecule has 6 unspecified atom stereocenters. The van der Waals surface area contributed by atoms with Gasteiger partial charge < -0.3 is 4.74 Å². The molecule has 56 valence electrons. The fraction of sp³-hybridized carbons (Fsp3) is 1.00. The molecule has 1 nitrogen and oxygen atoms in total. The van der Waals surface area contributed by atoms with Crippen LogP contribution in [0.25, 0.3) is 0 Å². The summed E-state index contributed by atoms with van der Waals surface area (Å²) in [6, 6.07) is 0. The zero-order valence-corrected chi connectivity index (χ0v) is 6.71. The summed E-state index contributed by atoms with van der Waals surface area (Å²) in [6.45, 7) is 0. The first-order valence-electron chi connectivity index (χ1n) is 4.01. The van der Waals surface area contributed by atoms with Gasteiger partial charge in [-0.15, -0.1) is 11.6 Å². The van der Waals surface area contributed by atoms with E-state index in [2.05, 4.69) is 0 Å². The molecule has 0 aromatic carbocycles.